The number of carboxylic acids is 1. The van der Waals surface area contributed by atoms with E-state index in [1.807, 2.05) is 6.92 Å². The SMILES string of the molecule is CC1(C)O[C@H]2C[C@H]3[C@@H]4CCC5=CC(=O)C=C[C@]5(C)[C@@]4(F)[C@@H](O)C[C@]3(C)[C@]2(C(=O)COC(=O)CCC(=O)O)O1. The van der Waals surface area contributed by atoms with Crippen LogP contribution in [0.2, 0.25) is 0 Å². The normalized spacial score (nSPS) is 44.4. The van der Waals surface area contributed by atoms with Gasteiger partial charge in [0.2, 0.25) is 5.78 Å². The summed E-state index contributed by atoms with van der Waals surface area (Å²) in [6.07, 6.45) is 2.50. The van der Waals surface area contributed by atoms with Crippen molar-refractivity contribution < 1.29 is 48.0 Å². The van der Waals surface area contributed by atoms with Crippen molar-refractivity contribution in [2.24, 2.45) is 22.7 Å². The number of hydrogen-bond acceptors (Lipinski definition) is 8. The van der Waals surface area contributed by atoms with Crippen molar-refractivity contribution in [2.45, 2.75) is 95.5 Å². The first-order chi connectivity index (χ1) is 17.6. The molecule has 0 spiro atoms. The number of fused-ring (bicyclic) bond motifs is 7. The number of Topliss-reactive ketones (excluding diaryl/α,β-unsaturated/α-hetero) is 1. The highest BCUT2D eigenvalue weighted by atomic mass is 19.1. The number of carbonyl (C=O) groups is 4. The van der Waals surface area contributed by atoms with Gasteiger partial charge in [0.25, 0.3) is 0 Å². The first-order valence-electron chi connectivity index (χ1n) is 13.2. The minimum atomic E-state index is -2.07. The van der Waals surface area contributed by atoms with Gasteiger partial charge in [-0.05, 0) is 64.5 Å². The monoisotopic (exact) mass is 534 g/mol. The number of aliphatic hydroxyl groups excluding tert-OH is 1. The molecular weight excluding hydrogens is 499 g/mol. The van der Waals surface area contributed by atoms with E-state index in [9.17, 15) is 24.3 Å². The Morgan fingerprint density at radius 2 is 1.87 bits per heavy atom. The van der Waals surface area contributed by atoms with Crippen LogP contribution in [0.3, 0.4) is 0 Å². The number of halogens is 1. The third-order valence-electron chi connectivity index (χ3n) is 9.96. The number of ketones is 2. The number of esters is 1. The van der Waals surface area contributed by atoms with E-state index in [2.05, 4.69) is 0 Å². The van der Waals surface area contributed by atoms with Crippen molar-refractivity contribution in [1.29, 1.82) is 0 Å². The Morgan fingerprint density at radius 3 is 2.55 bits per heavy atom. The summed E-state index contributed by atoms with van der Waals surface area (Å²) >= 11 is 0. The molecule has 8 atom stereocenters. The standard InChI is InChI=1S/C28H35FO9/c1-24(2)37-21-12-18-17-6-5-15-11-16(30)9-10-25(15,3)27(17,29)19(31)13-26(18,4)28(21,38-24)20(32)14-36-23(35)8-7-22(33)34/h9-11,17-19,21,31H,5-8,12-14H2,1-4H3,(H,33,34)/t17-,18-,19-,21-,25-,26-,27-,28+/m0/s1. The molecule has 4 aliphatic carbocycles. The zero-order valence-electron chi connectivity index (χ0n) is 22.1. The Balaban J connectivity index is 1.50. The molecule has 0 aromatic carbocycles. The van der Waals surface area contributed by atoms with Crippen LogP contribution in [0, 0.1) is 22.7 Å². The highest BCUT2D eigenvalue weighted by molar-refractivity contribution is 6.01. The predicted molar refractivity (Wildman–Crippen MR) is 129 cm³/mol. The summed E-state index contributed by atoms with van der Waals surface area (Å²) in [5.41, 5.74) is -5.20. The molecule has 1 saturated heterocycles. The van der Waals surface area contributed by atoms with Crippen molar-refractivity contribution in [2.75, 3.05) is 6.61 Å². The first kappa shape index (κ1) is 27.1. The second-order valence-electron chi connectivity index (χ2n) is 12.3. The summed E-state index contributed by atoms with van der Waals surface area (Å²) in [7, 11) is 0. The number of ether oxygens (including phenoxy) is 3. The van der Waals surface area contributed by atoms with Gasteiger partial charge in [0, 0.05) is 16.7 Å². The van der Waals surface area contributed by atoms with Crippen molar-refractivity contribution in [3.63, 3.8) is 0 Å². The molecule has 208 valence electrons. The van der Waals surface area contributed by atoms with Gasteiger partial charge in [-0.15, -0.1) is 0 Å². The first-order valence-corrected chi connectivity index (χ1v) is 13.2. The van der Waals surface area contributed by atoms with Crippen molar-refractivity contribution in [3.05, 3.63) is 23.8 Å². The molecule has 38 heavy (non-hydrogen) atoms. The molecule has 2 N–H and O–H groups in total. The van der Waals surface area contributed by atoms with Crippen LogP contribution in [0.1, 0.15) is 66.2 Å². The molecule has 0 radical (unpaired) electrons. The van der Waals surface area contributed by atoms with E-state index in [-0.39, 0.29) is 18.6 Å². The van der Waals surface area contributed by atoms with Gasteiger partial charge < -0.3 is 24.4 Å². The average molecular weight is 535 g/mol. The van der Waals surface area contributed by atoms with Crippen LogP contribution in [0.25, 0.3) is 0 Å². The molecule has 0 amide bonds. The van der Waals surface area contributed by atoms with Crippen LogP contribution < -0.4 is 0 Å². The molecule has 0 aromatic heterocycles. The maximum absolute atomic E-state index is 17.4. The predicted octanol–water partition coefficient (Wildman–Crippen LogP) is 2.83. The van der Waals surface area contributed by atoms with Crippen molar-refractivity contribution in [3.8, 4) is 0 Å². The van der Waals surface area contributed by atoms with Gasteiger partial charge in [0.05, 0.1) is 25.0 Å². The van der Waals surface area contributed by atoms with Crippen LogP contribution in [0.5, 0.6) is 0 Å². The lowest BCUT2D eigenvalue weighted by molar-refractivity contribution is -0.246. The van der Waals surface area contributed by atoms with Gasteiger partial charge in [-0.3, -0.25) is 19.2 Å². The van der Waals surface area contributed by atoms with Crippen molar-refractivity contribution in [1.82, 2.24) is 0 Å². The maximum Gasteiger partial charge on any atom is 0.306 e. The smallest absolute Gasteiger partial charge is 0.306 e. The second kappa shape index (κ2) is 8.53. The Hall–Kier alpha value is -2.43. The maximum atomic E-state index is 17.4. The van der Waals surface area contributed by atoms with Crippen LogP contribution in [-0.4, -0.2) is 69.6 Å². The highest BCUT2D eigenvalue weighted by Crippen LogP contribution is 2.72. The van der Waals surface area contributed by atoms with Crippen molar-refractivity contribution >= 4 is 23.5 Å². The number of carboxylic acid groups (broad SMARTS) is 1. The van der Waals surface area contributed by atoms with E-state index in [1.54, 1.807) is 26.8 Å². The van der Waals surface area contributed by atoms with E-state index in [1.165, 1.54) is 12.2 Å². The van der Waals surface area contributed by atoms with Gasteiger partial charge in [0.15, 0.2) is 29.4 Å². The summed E-state index contributed by atoms with van der Waals surface area (Å²) in [4.78, 5) is 48.8. The fourth-order valence-electron chi connectivity index (χ4n) is 8.34. The van der Waals surface area contributed by atoms with E-state index in [0.29, 0.717) is 24.8 Å². The fraction of sp³-hybridized carbons (Fsp3) is 0.714. The lowest BCUT2D eigenvalue weighted by Gasteiger charge is -2.62. The minimum Gasteiger partial charge on any atom is -0.481 e. The molecule has 4 fully saturated rings. The molecule has 5 aliphatic rings. The second-order valence-corrected chi connectivity index (χ2v) is 12.3. The zero-order chi connectivity index (χ0) is 27.9. The molecule has 1 heterocycles. The van der Waals surface area contributed by atoms with E-state index in [0.717, 1.165) is 0 Å². The Labute approximate surface area is 220 Å². The highest BCUT2D eigenvalue weighted by Gasteiger charge is 2.80. The molecule has 10 heteroatoms. The summed E-state index contributed by atoms with van der Waals surface area (Å²) in [6, 6.07) is 0. The molecule has 1 aliphatic heterocycles. The number of carbonyl (C=O) groups excluding carboxylic acids is 3. The van der Waals surface area contributed by atoms with Crippen LogP contribution in [0.4, 0.5) is 4.39 Å². The molecule has 5 rings (SSSR count). The molecule has 0 aromatic rings. The Morgan fingerprint density at radius 1 is 1.16 bits per heavy atom. The van der Waals surface area contributed by atoms with Crippen LogP contribution in [-0.2, 0) is 33.4 Å². The number of allylic oxidation sites excluding steroid dienone is 4. The van der Waals surface area contributed by atoms with Crippen LogP contribution in [0.15, 0.2) is 23.8 Å². The molecular formula is C28H35FO9. The Bertz CT molecular complexity index is 1160. The number of aliphatic hydroxyl groups is 1. The third-order valence-corrected chi connectivity index (χ3v) is 9.96. The topological polar surface area (TPSA) is 136 Å². The minimum absolute atomic E-state index is 0.0933. The summed E-state index contributed by atoms with van der Waals surface area (Å²) < 4.78 is 35.1. The van der Waals surface area contributed by atoms with Gasteiger partial charge in [-0.2, -0.15) is 0 Å². The number of alkyl halides is 1. The fourth-order valence-corrected chi connectivity index (χ4v) is 8.34. The number of rotatable bonds is 6. The average Bonchev–Trinajstić information content (AvgIpc) is 3.23. The summed E-state index contributed by atoms with van der Waals surface area (Å²) in [5, 5.41) is 20.4. The molecule has 0 bridgehead atoms. The van der Waals surface area contributed by atoms with Gasteiger partial charge in [-0.25, -0.2) is 4.39 Å². The van der Waals surface area contributed by atoms with E-state index >= 15 is 4.39 Å². The van der Waals surface area contributed by atoms with Crippen LogP contribution >= 0.6 is 0 Å². The Kier molecular flexibility index (Phi) is 6.10. The lowest BCUT2D eigenvalue weighted by atomic mass is 9.44. The third kappa shape index (κ3) is 3.52. The zero-order valence-corrected chi connectivity index (χ0v) is 22.1. The van der Waals surface area contributed by atoms with E-state index in [4.69, 9.17) is 19.3 Å². The van der Waals surface area contributed by atoms with Gasteiger partial charge >= 0.3 is 11.9 Å². The molecule has 3 saturated carbocycles. The molecule has 9 nitrogen and oxygen atoms in total. The van der Waals surface area contributed by atoms with Gasteiger partial charge in [0.1, 0.15) is 0 Å². The quantitative estimate of drug-likeness (QED) is 0.493. The molecule has 0 unspecified atom stereocenters. The lowest BCUT2D eigenvalue weighted by Crippen LogP contribution is -2.70. The largest absolute Gasteiger partial charge is 0.481 e. The van der Waals surface area contributed by atoms with E-state index < -0.39 is 82.7 Å². The van der Waals surface area contributed by atoms with Gasteiger partial charge in [-0.1, -0.05) is 18.6 Å². The number of hydrogen-bond donors (Lipinski definition) is 2. The summed E-state index contributed by atoms with van der Waals surface area (Å²) in [6.45, 7) is 6.26. The number of aliphatic carboxylic acids is 1. The summed E-state index contributed by atoms with van der Waals surface area (Å²) in [5.74, 6) is -4.90.